The summed E-state index contributed by atoms with van der Waals surface area (Å²) in [5, 5.41) is 0. The molecule has 1 atom stereocenters. The summed E-state index contributed by atoms with van der Waals surface area (Å²) >= 11 is 0. The van der Waals surface area contributed by atoms with E-state index >= 15 is 0 Å². The summed E-state index contributed by atoms with van der Waals surface area (Å²) in [5.74, 6) is 0.454. The molecular formula is C23H27N3O4S. The molecule has 31 heavy (non-hydrogen) atoms. The molecule has 4 rings (SSSR count). The highest BCUT2D eigenvalue weighted by molar-refractivity contribution is 7.93. The summed E-state index contributed by atoms with van der Waals surface area (Å²) in [6.45, 7) is 7.32. The van der Waals surface area contributed by atoms with Crippen LogP contribution in [0, 0.1) is 13.8 Å². The van der Waals surface area contributed by atoms with Crippen molar-refractivity contribution in [2.45, 2.75) is 50.8 Å². The number of pyridine rings is 1. The van der Waals surface area contributed by atoms with Gasteiger partial charge in [-0.05, 0) is 56.5 Å². The molecule has 8 heteroatoms. The number of nitrogens with two attached hydrogens (primary N) is 1. The first kappa shape index (κ1) is 21.5. The summed E-state index contributed by atoms with van der Waals surface area (Å²) in [4.78, 5) is 21.9. The van der Waals surface area contributed by atoms with Crippen LogP contribution in [-0.4, -0.2) is 42.1 Å². The molecule has 0 amide bonds. The molecule has 3 heterocycles. The van der Waals surface area contributed by atoms with Crippen molar-refractivity contribution in [2.24, 2.45) is 10.7 Å². The first-order valence-electron chi connectivity index (χ1n) is 10.3. The van der Waals surface area contributed by atoms with Crippen molar-refractivity contribution in [1.82, 2.24) is 4.98 Å². The van der Waals surface area contributed by atoms with Gasteiger partial charge in [0.05, 0.1) is 12.4 Å². The smallest absolute Gasteiger partial charge is 0.185 e. The Balaban J connectivity index is 1.74. The second kappa shape index (κ2) is 7.15. The highest BCUT2D eigenvalue weighted by atomic mass is 32.2. The Bertz CT molecular complexity index is 1220. The molecule has 0 aliphatic carbocycles. The lowest BCUT2D eigenvalue weighted by atomic mass is 9.84. The summed E-state index contributed by atoms with van der Waals surface area (Å²) < 4.78 is 30.7. The molecule has 0 radical (unpaired) electrons. The maximum absolute atomic E-state index is 13.0. The standard InChI is InChI=1S/C23H27N3O4S/c1-14-9-15(2)20(25-12-14)18(27)11-16-5-6-19-17(10-16)23(7-8-30-19)13-31(28,29)22(3,4)21(24)26-23/h5-6,9-10,12H,7-8,11,13H2,1-4H3,(H2,24,26)/t23-/m0/s1. The number of benzene rings is 1. The zero-order chi connectivity index (χ0) is 22.6. The van der Waals surface area contributed by atoms with Gasteiger partial charge in [-0.1, -0.05) is 12.1 Å². The molecule has 0 unspecified atom stereocenters. The highest BCUT2D eigenvalue weighted by Crippen LogP contribution is 2.45. The Morgan fingerprint density at radius 2 is 1.97 bits per heavy atom. The third kappa shape index (κ3) is 3.52. The van der Waals surface area contributed by atoms with Crippen molar-refractivity contribution in [2.75, 3.05) is 12.4 Å². The molecule has 2 aromatic rings. The molecule has 2 N–H and O–H groups in total. The van der Waals surface area contributed by atoms with Gasteiger partial charge < -0.3 is 10.5 Å². The number of ether oxygens (including phenoxy) is 1. The van der Waals surface area contributed by atoms with Gasteiger partial charge in [0, 0.05) is 24.6 Å². The van der Waals surface area contributed by atoms with Gasteiger partial charge in [0.15, 0.2) is 15.6 Å². The molecule has 7 nitrogen and oxygen atoms in total. The molecule has 0 saturated carbocycles. The molecule has 2 aliphatic rings. The number of aromatic nitrogens is 1. The van der Waals surface area contributed by atoms with Gasteiger partial charge in [-0.3, -0.25) is 14.8 Å². The number of amidine groups is 1. The van der Waals surface area contributed by atoms with E-state index in [1.807, 2.05) is 32.0 Å². The maximum Gasteiger partial charge on any atom is 0.185 e. The number of carbonyl (C=O) groups excluding carboxylic acids is 1. The fourth-order valence-electron chi connectivity index (χ4n) is 4.24. The Labute approximate surface area is 182 Å². The van der Waals surface area contributed by atoms with E-state index in [4.69, 9.17) is 15.5 Å². The minimum atomic E-state index is -3.54. The number of aryl methyl sites for hydroxylation is 2. The monoisotopic (exact) mass is 441 g/mol. The Kier molecular flexibility index (Phi) is 4.96. The third-order valence-electron chi connectivity index (χ3n) is 6.32. The number of hydrogen-bond donors (Lipinski definition) is 1. The van der Waals surface area contributed by atoms with E-state index in [9.17, 15) is 13.2 Å². The number of ketones is 1. The van der Waals surface area contributed by atoms with E-state index in [-0.39, 0.29) is 23.8 Å². The second-order valence-electron chi connectivity index (χ2n) is 9.01. The first-order valence-corrected chi connectivity index (χ1v) is 11.9. The van der Waals surface area contributed by atoms with Crippen molar-refractivity contribution in [3.8, 4) is 5.75 Å². The van der Waals surface area contributed by atoms with Crippen LogP contribution < -0.4 is 10.5 Å². The Hall–Kier alpha value is -2.74. The van der Waals surface area contributed by atoms with Crippen LogP contribution in [0.2, 0.25) is 0 Å². The van der Waals surface area contributed by atoms with Crippen molar-refractivity contribution in [3.63, 3.8) is 0 Å². The Morgan fingerprint density at radius 1 is 1.23 bits per heavy atom. The van der Waals surface area contributed by atoms with Crippen LogP contribution >= 0.6 is 0 Å². The minimum absolute atomic E-state index is 0.0939. The number of hydrogen-bond acceptors (Lipinski definition) is 7. The van der Waals surface area contributed by atoms with E-state index in [1.165, 1.54) is 0 Å². The number of nitrogens with zero attached hydrogens (tertiary/aromatic N) is 2. The predicted octanol–water partition coefficient (Wildman–Crippen LogP) is 2.67. The average Bonchev–Trinajstić information content (AvgIpc) is 2.67. The van der Waals surface area contributed by atoms with E-state index in [0.717, 1.165) is 16.7 Å². The molecule has 1 aromatic carbocycles. The van der Waals surface area contributed by atoms with Crippen LogP contribution in [0.3, 0.4) is 0 Å². The minimum Gasteiger partial charge on any atom is -0.493 e. The van der Waals surface area contributed by atoms with Crippen molar-refractivity contribution >= 4 is 21.5 Å². The van der Waals surface area contributed by atoms with Gasteiger partial charge in [0.25, 0.3) is 0 Å². The molecule has 1 aromatic heterocycles. The lowest BCUT2D eigenvalue weighted by molar-refractivity contribution is 0.0987. The summed E-state index contributed by atoms with van der Waals surface area (Å²) in [5.41, 5.74) is 8.84. The normalized spacial score (nSPS) is 23.5. The Morgan fingerprint density at radius 3 is 2.65 bits per heavy atom. The average molecular weight is 442 g/mol. The zero-order valence-corrected chi connectivity index (χ0v) is 19.0. The number of Topliss-reactive ketones (excluding diaryl/α,β-unsaturated/α-hetero) is 1. The molecule has 0 saturated heterocycles. The van der Waals surface area contributed by atoms with Crippen LogP contribution in [0.1, 0.15) is 53.0 Å². The summed E-state index contributed by atoms with van der Waals surface area (Å²) in [6, 6.07) is 7.38. The SMILES string of the molecule is Cc1cnc(C(=O)Cc2ccc3c(c2)[C@]2(CCO3)CS(=O)(=O)C(C)(C)C(N)=N2)c(C)c1. The number of aliphatic imine (C=N–C) groups is 1. The molecule has 0 fully saturated rings. The van der Waals surface area contributed by atoms with Gasteiger partial charge in [-0.2, -0.15) is 0 Å². The quantitative estimate of drug-likeness (QED) is 0.733. The number of sulfone groups is 1. The number of carbonyl (C=O) groups is 1. The van der Waals surface area contributed by atoms with Crippen LogP contribution in [0.15, 0.2) is 35.5 Å². The van der Waals surface area contributed by atoms with Crippen molar-refractivity contribution in [3.05, 3.63) is 58.4 Å². The van der Waals surface area contributed by atoms with Crippen LogP contribution in [0.25, 0.3) is 0 Å². The van der Waals surface area contributed by atoms with Crippen LogP contribution in [0.4, 0.5) is 0 Å². The van der Waals surface area contributed by atoms with Crippen LogP contribution in [0.5, 0.6) is 5.75 Å². The van der Waals surface area contributed by atoms with Gasteiger partial charge in [0.1, 0.15) is 27.6 Å². The predicted molar refractivity (Wildman–Crippen MR) is 119 cm³/mol. The van der Waals surface area contributed by atoms with E-state index < -0.39 is 20.1 Å². The van der Waals surface area contributed by atoms with E-state index in [1.54, 1.807) is 26.1 Å². The lowest BCUT2D eigenvalue weighted by Crippen LogP contribution is -2.56. The molecule has 0 bridgehead atoms. The third-order valence-corrected chi connectivity index (χ3v) is 8.94. The first-order chi connectivity index (χ1) is 14.4. The summed E-state index contributed by atoms with van der Waals surface area (Å²) in [6.07, 6.45) is 2.24. The lowest BCUT2D eigenvalue weighted by Gasteiger charge is -2.42. The second-order valence-corrected chi connectivity index (χ2v) is 11.5. The largest absolute Gasteiger partial charge is 0.493 e. The van der Waals surface area contributed by atoms with Crippen LogP contribution in [-0.2, 0) is 21.8 Å². The van der Waals surface area contributed by atoms with Gasteiger partial charge in [-0.15, -0.1) is 0 Å². The van der Waals surface area contributed by atoms with Crippen molar-refractivity contribution < 1.29 is 17.9 Å². The molecule has 1 spiro atoms. The number of fused-ring (bicyclic) bond motifs is 2. The number of rotatable bonds is 3. The topological polar surface area (TPSA) is 112 Å². The fraction of sp³-hybridized carbons (Fsp3) is 0.435. The molecule has 2 aliphatic heterocycles. The highest BCUT2D eigenvalue weighted by Gasteiger charge is 2.52. The van der Waals surface area contributed by atoms with Gasteiger partial charge in [0.2, 0.25) is 0 Å². The van der Waals surface area contributed by atoms with Crippen molar-refractivity contribution in [1.29, 1.82) is 0 Å². The maximum atomic E-state index is 13.0. The molecule has 164 valence electrons. The zero-order valence-electron chi connectivity index (χ0n) is 18.2. The van der Waals surface area contributed by atoms with E-state index in [0.29, 0.717) is 30.0 Å². The summed E-state index contributed by atoms with van der Waals surface area (Å²) in [7, 11) is -3.54. The van der Waals surface area contributed by atoms with Gasteiger partial charge in [-0.25, -0.2) is 8.42 Å². The molecular weight excluding hydrogens is 414 g/mol. The fourth-order valence-corrected chi connectivity index (χ4v) is 5.95. The van der Waals surface area contributed by atoms with E-state index in [2.05, 4.69) is 4.98 Å². The van der Waals surface area contributed by atoms with Gasteiger partial charge >= 0.3 is 0 Å².